The Balaban J connectivity index is 0.000000262. The zero-order valence-corrected chi connectivity index (χ0v) is 16.6. The molecule has 0 spiro atoms. The number of carboxylic acid groups (broad SMARTS) is 2. The molecule has 26 heavy (non-hydrogen) atoms. The summed E-state index contributed by atoms with van der Waals surface area (Å²) in [5.41, 5.74) is 0.322. The van der Waals surface area contributed by atoms with Gasteiger partial charge in [-0.15, -0.1) is 0 Å². The molecule has 0 aromatic carbocycles. The summed E-state index contributed by atoms with van der Waals surface area (Å²) in [5.74, 6) is -1.02. The van der Waals surface area contributed by atoms with Gasteiger partial charge in [0.25, 0.3) is 0 Å². The highest BCUT2D eigenvalue weighted by molar-refractivity contribution is 5.66. The van der Waals surface area contributed by atoms with Crippen molar-refractivity contribution >= 4 is 11.9 Å². The summed E-state index contributed by atoms with van der Waals surface area (Å²) in [5, 5.41) is 30.2. The molecular formula is C20H37NO5. The van der Waals surface area contributed by atoms with Crippen molar-refractivity contribution in [1.29, 1.82) is 0 Å². The SMILES string of the molecule is CC12CCC(C(O)C1)C(C)(C)N2.O=C(O)CCCCCCCCC(=O)O. The molecule has 2 bridgehead atoms. The number of aliphatic hydroxyl groups is 1. The zero-order valence-electron chi connectivity index (χ0n) is 16.6. The fraction of sp³-hybridized carbons (Fsp3) is 0.900. The summed E-state index contributed by atoms with van der Waals surface area (Å²) in [6.07, 6.45) is 9.07. The van der Waals surface area contributed by atoms with Gasteiger partial charge in [0.2, 0.25) is 0 Å². The first-order valence-corrected chi connectivity index (χ1v) is 9.97. The molecule has 6 nitrogen and oxygen atoms in total. The fourth-order valence-corrected chi connectivity index (χ4v) is 4.46. The summed E-state index contributed by atoms with van der Waals surface area (Å²) in [4.78, 5) is 20.3. The smallest absolute Gasteiger partial charge is 0.303 e. The lowest BCUT2D eigenvalue weighted by Crippen LogP contribution is -2.69. The Hall–Kier alpha value is -1.14. The van der Waals surface area contributed by atoms with Crippen LogP contribution >= 0.6 is 0 Å². The van der Waals surface area contributed by atoms with E-state index in [1.54, 1.807) is 0 Å². The van der Waals surface area contributed by atoms with Crippen LogP contribution in [-0.2, 0) is 9.59 Å². The largest absolute Gasteiger partial charge is 0.481 e. The van der Waals surface area contributed by atoms with Crippen LogP contribution in [0, 0.1) is 5.92 Å². The average molecular weight is 372 g/mol. The quantitative estimate of drug-likeness (QED) is 0.462. The van der Waals surface area contributed by atoms with Gasteiger partial charge in [0.05, 0.1) is 6.10 Å². The van der Waals surface area contributed by atoms with Crippen molar-refractivity contribution < 1.29 is 24.9 Å². The zero-order chi connectivity index (χ0) is 19.8. The van der Waals surface area contributed by atoms with Crippen LogP contribution in [0.1, 0.15) is 91.4 Å². The predicted octanol–water partition coefficient (Wildman–Crippen LogP) is 3.56. The summed E-state index contributed by atoms with van der Waals surface area (Å²) in [6, 6.07) is 0. The number of hydrogen-bond acceptors (Lipinski definition) is 4. The van der Waals surface area contributed by atoms with Crippen LogP contribution in [0.15, 0.2) is 0 Å². The molecule has 152 valence electrons. The van der Waals surface area contributed by atoms with Crippen LogP contribution in [-0.4, -0.2) is 44.4 Å². The number of fused-ring (bicyclic) bond motifs is 3. The van der Waals surface area contributed by atoms with E-state index in [1.807, 2.05) is 0 Å². The monoisotopic (exact) mass is 371 g/mol. The van der Waals surface area contributed by atoms with Crippen molar-refractivity contribution in [3.05, 3.63) is 0 Å². The van der Waals surface area contributed by atoms with Gasteiger partial charge in [0.1, 0.15) is 0 Å². The molecule has 2 aliphatic heterocycles. The van der Waals surface area contributed by atoms with Gasteiger partial charge in [-0.1, -0.05) is 25.7 Å². The molecule has 1 saturated carbocycles. The molecule has 0 aromatic rings. The Kier molecular flexibility index (Phi) is 9.04. The maximum Gasteiger partial charge on any atom is 0.303 e. The summed E-state index contributed by atoms with van der Waals surface area (Å²) in [6.45, 7) is 6.64. The number of aliphatic hydroxyl groups excluding tert-OH is 1. The Morgan fingerprint density at radius 3 is 1.73 bits per heavy atom. The lowest BCUT2D eigenvalue weighted by atomic mass is 9.63. The van der Waals surface area contributed by atoms with Gasteiger partial charge < -0.3 is 20.6 Å². The molecule has 3 aliphatic rings. The second kappa shape index (κ2) is 10.3. The van der Waals surface area contributed by atoms with E-state index in [0.717, 1.165) is 44.9 Å². The highest BCUT2D eigenvalue weighted by atomic mass is 16.4. The lowest BCUT2D eigenvalue weighted by Gasteiger charge is -2.57. The Bertz CT molecular complexity index is 442. The molecule has 2 heterocycles. The topological polar surface area (TPSA) is 107 Å². The maximum absolute atomic E-state index is 10.1. The molecule has 2 saturated heterocycles. The van der Waals surface area contributed by atoms with E-state index >= 15 is 0 Å². The summed E-state index contributed by atoms with van der Waals surface area (Å²) >= 11 is 0. The van der Waals surface area contributed by atoms with Crippen LogP contribution in [0.2, 0.25) is 0 Å². The van der Waals surface area contributed by atoms with E-state index in [4.69, 9.17) is 10.2 Å². The maximum atomic E-state index is 10.1. The van der Waals surface area contributed by atoms with E-state index in [-0.39, 0.29) is 30.0 Å². The fourth-order valence-electron chi connectivity index (χ4n) is 4.46. The van der Waals surface area contributed by atoms with Crippen molar-refractivity contribution in [1.82, 2.24) is 5.32 Å². The normalized spacial score (nSPS) is 28.9. The molecule has 6 heteroatoms. The Morgan fingerprint density at radius 1 is 0.923 bits per heavy atom. The minimum atomic E-state index is -0.740. The van der Waals surface area contributed by atoms with Gasteiger partial charge >= 0.3 is 11.9 Å². The first kappa shape index (κ1) is 22.9. The molecule has 0 radical (unpaired) electrons. The molecule has 1 aliphatic carbocycles. The second-order valence-corrected chi connectivity index (χ2v) is 8.73. The van der Waals surface area contributed by atoms with Crippen LogP contribution in [0.4, 0.5) is 0 Å². The van der Waals surface area contributed by atoms with Gasteiger partial charge in [0.15, 0.2) is 0 Å². The van der Waals surface area contributed by atoms with Crippen LogP contribution in [0.3, 0.4) is 0 Å². The van der Waals surface area contributed by atoms with Gasteiger partial charge in [-0.25, -0.2) is 0 Å². The first-order valence-electron chi connectivity index (χ1n) is 9.97. The molecule has 0 amide bonds. The van der Waals surface area contributed by atoms with Crippen molar-refractivity contribution in [2.75, 3.05) is 0 Å². The number of unbranched alkanes of at least 4 members (excludes halogenated alkanes) is 5. The van der Waals surface area contributed by atoms with E-state index in [0.29, 0.717) is 5.92 Å². The highest BCUT2D eigenvalue weighted by Gasteiger charge is 2.51. The van der Waals surface area contributed by atoms with Crippen molar-refractivity contribution in [3.63, 3.8) is 0 Å². The number of hydrogen-bond donors (Lipinski definition) is 4. The van der Waals surface area contributed by atoms with E-state index in [9.17, 15) is 14.7 Å². The third kappa shape index (κ3) is 8.04. The molecule has 4 N–H and O–H groups in total. The minimum Gasteiger partial charge on any atom is -0.481 e. The molecule has 0 aromatic heterocycles. The summed E-state index contributed by atoms with van der Waals surface area (Å²) in [7, 11) is 0. The van der Waals surface area contributed by atoms with Crippen LogP contribution < -0.4 is 5.32 Å². The number of aliphatic carboxylic acids is 2. The highest BCUT2D eigenvalue weighted by Crippen LogP contribution is 2.44. The minimum absolute atomic E-state index is 0.0833. The number of nitrogens with one attached hydrogen (secondary N) is 1. The van der Waals surface area contributed by atoms with Crippen molar-refractivity contribution in [3.8, 4) is 0 Å². The van der Waals surface area contributed by atoms with Gasteiger partial charge in [0, 0.05) is 29.8 Å². The number of piperidine rings is 2. The van der Waals surface area contributed by atoms with Crippen molar-refractivity contribution in [2.45, 2.75) is 109 Å². The van der Waals surface area contributed by atoms with E-state index < -0.39 is 11.9 Å². The molecule has 3 unspecified atom stereocenters. The van der Waals surface area contributed by atoms with Gasteiger partial charge in [-0.05, 0) is 52.9 Å². The van der Waals surface area contributed by atoms with E-state index in [1.165, 1.54) is 12.8 Å². The second-order valence-electron chi connectivity index (χ2n) is 8.73. The van der Waals surface area contributed by atoms with E-state index in [2.05, 4.69) is 26.1 Å². The number of carboxylic acids is 2. The first-order chi connectivity index (χ1) is 12.1. The summed E-state index contributed by atoms with van der Waals surface area (Å²) < 4.78 is 0. The molecular weight excluding hydrogens is 334 g/mol. The lowest BCUT2D eigenvalue weighted by molar-refractivity contribution is -0.138. The number of carbonyl (C=O) groups is 2. The Labute approximate surface area is 157 Å². The van der Waals surface area contributed by atoms with Crippen LogP contribution in [0.25, 0.3) is 0 Å². The van der Waals surface area contributed by atoms with Crippen LogP contribution in [0.5, 0.6) is 0 Å². The van der Waals surface area contributed by atoms with Crippen molar-refractivity contribution in [2.24, 2.45) is 5.92 Å². The molecule has 3 atom stereocenters. The van der Waals surface area contributed by atoms with Gasteiger partial charge in [-0.2, -0.15) is 0 Å². The predicted molar refractivity (Wildman–Crippen MR) is 101 cm³/mol. The average Bonchev–Trinajstić information content (AvgIpc) is 2.47. The Morgan fingerprint density at radius 2 is 1.38 bits per heavy atom. The third-order valence-corrected chi connectivity index (χ3v) is 5.71. The van der Waals surface area contributed by atoms with Gasteiger partial charge in [-0.3, -0.25) is 9.59 Å². The molecule has 3 rings (SSSR count). The number of rotatable bonds is 9. The third-order valence-electron chi connectivity index (χ3n) is 5.71. The molecule has 3 fully saturated rings. The standard InChI is InChI=1S/C10H19NO.C10H18O4/c1-9(2)7-4-5-10(3,11-9)6-8(7)12;11-9(12)7-5-3-1-2-4-6-8-10(13)14/h7-8,11-12H,4-6H2,1-3H3;1-8H2,(H,11,12)(H,13,14).